The number of nitrogens with zero attached hydrogens (tertiary/aromatic N) is 1. The van der Waals surface area contributed by atoms with Crippen LogP contribution in [0.25, 0.3) is 0 Å². The highest BCUT2D eigenvalue weighted by Crippen LogP contribution is 2.31. The fourth-order valence-electron chi connectivity index (χ4n) is 3.02. The summed E-state index contributed by atoms with van der Waals surface area (Å²) in [6.45, 7) is 4.04. The van der Waals surface area contributed by atoms with Gasteiger partial charge in [0.2, 0.25) is 0 Å². The SMILES string of the molecule is CNCC(O)CN1C[C@@H](CN)[C@H](c2ccccc2)C1. The predicted molar refractivity (Wildman–Crippen MR) is 78.1 cm³/mol. The Kier molecular flexibility index (Phi) is 5.34. The molecule has 0 radical (unpaired) electrons. The molecule has 1 unspecified atom stereocenters. The van der Waals surface area contributed by atoms with Crippen molar-refractivity contribution in [2.45, 2.75) is 12.0 Å². The van der Waals surface area contributed by atoms with Crippen LogP contribution in [0.2, 0.25) is 0 Å². The van der Waals surface area contributed by atoms with Gasteiger partial charge in [-0.1, -0.05) is 30.3 Å². The van der Waals surface area contributed by atoms with E-state index in [4.69, 9.17) is 5.73 Å². The van der Waals surface area contributed by atoms with Crippen LogP contribution in [-0.4, -0.2) is 55.9 Å². The summed E-state index contributed by atoms with van der Waals surface area (Å²) in [5.41, 5.74) is 7.28. The summed E-state index contributed by atoms with van der Waals surface area (Å²) in [5, 5.41) is 12.9. The van der Waals surface area contributed by atoms with Gasteiger partial charge in [-0.2, -0.15) is 0 Å². The number of rotatable bonds is 6. The van der Waals surface area contributed by atoms with Crippen molar-refractivity contribution in [3.05, 3.63) is 35.9 Å². The van der Waals surface area contributed by atoms with Crippen molar-refractivity contribution in [3.63, 3.8) is 0 Å². The zero-order chi connectivity index (χ0) is 13.7. The molecular formula is C15H25N3O. The van der Waals surface area contributed by atoms with Gasteiger partial charge in [0.25, 0.3) is 0 Å². The summed E-state index contributed by atoms with van der Waals surface area (Å²) in [6.07, 6.45) is -0.307. The Balaban J connectivity index is 1.98. The number of likely N-dealkylation sites (tertiary alicyclic amines) is 1. The van der Waals surface area contributed by atoms with Gasteiger partial charge >= 0.3 is 0 Å². The number of hydrogen-bond acceptors (Lipinski definition) is 4. The second-order valence-corrected chi connectivity index (χ2v) is 5.44. The Labute approximate surface area is 115 Å². The highest BCUT2D eigenvalue weighted by atomic mass is 16.3. The van der Waals surface area contributed by atoms with Crippen molar-refractivity contribution >= 4 is 0 Å². The topological polar surface area (TPSA) is 61.5 Å². The largest absolute Gasteiger partial charge is 0.390 e. The second kappa shape index (κ2) is 7.01. The van der Waals surface area contributed by atoms with Gasteiger partial charge in [-0.3, -0.25) is 4.90 Å². The molecule has 0 amide bonds. The van der Waals surface area contributed by atoms with Crippen molar-refractivity contribution in [2.75, 3.05) is 39.8 Å². The summed E-state index contributed by atoms with van der Waals surface area (Å²) in [6, 6.07) is 10.6. The Bertz CT molecular complexity index is 371. The van der Waals surface area contributed by atoms with Crippen molar-refractivity contribution in [3.8, 4) is 0 Å². The minimum absolute atomic E-state index is 0.307. The lowest BCUT2D eigenvalue weighted by Crippen LogP contribution is -2.36. The van der Waals surface area contributed by atoms with E-state index in [2.05, 4.69) is 34.5 Å². The minimum atomic E-state index is -0.307. The van der Waals surface area contributed by atoms with E-state index in [9.17, 15) is 5.11 Å². The van der Waals surface area contributed by atoms with Crippen molar-refractivity contribution in [2.24, 2.45) is 11.7 Å². The van der Waals surface area contributed by atoms with Crippen LogP contribution in [0, 0.1) is 5.92 Å². The number of nitrogens with one attached hydrogen (secondary N) is 1. The number of benzene rings is 1. The number of hydrogen-bond donors (Lipinski definition) is 3. The highest BCUT2D eigenvalue weighted by molar-refractivity contribution is 5.22. The van der Waals surface area contributed by atoms with Crippen LogP contribution in [0.15, 0.2) is 30.3 Å². The molecule has 4 nitrogen and oxygen atoms in total. The molecule has 1 aliphatic heterocycles. The zero-order valence-electron chi connectivity index (χ0n) is 11.6. The Morgan fingerprint density at radius 3 is 2.74 bits per heavy atom. The number of nitrogens with two attached hydrogens (primary N) is 1. The van der Waals surface area contributed by atoms with Gasteiger partial charge in [0.15, 0.2) is 0 Å². The van der Waals surface area contributed by atoms with Crippen molar-refractivity contribution in [1.29, 1.82) is 0 Å². The standard InChI is InChI=1S/C15H25N3O/c1-17-8-14(19)10-18-9-13(7-16)15(11-18)12-5-3-2-4-6-12/h2-6,13-15,17,19H,7-11,16H2,1H3/t13-,14?,15+/m1/s1. The molecule has 1 aromatic carbocycles. The first-order valence-corrected chi connectivity index (χ1v) is 7.04. The van der Waals surface area contributed by atoms with Gasteiger partial charge in [-0.25, -0.2) is 0 Å². The average Bonchev–Trinajstić information content (AvgIpc) is 2.83. The summed E-state index contributed by atoms with van der Waals surface area (Å²) in [4.78, 5) is 2.33. The highest BCUT2D eigenvalue weighted by Gasteiger charge is 2.33. The summed E-state index contributed by atoms with van der Waals surface area (Å²) >= 11 is 0. The van der Waals surface area contributed by atoms with Crippen molar-refractivity contribution in [1.82, 2.24) is 10.2 Å². The molecule has 0 bridgehead atoms. The first-order valence-electron chi connectivity index (χ1n) is 7.04. The summed E-state index contributed by atoms with van der Waals surface area (Å²) < 4.78 is 0. The quantitative estimate of drug-likeness (QED) is 0.688. The third-order valence-corrected chi connectivity index (χ3v) is 3.96. The van der Waals surface area contributed by atoms with E-state index in [0.717, 1.165) is 19.6 Å². The molecule has 1 aromatic rings. The molecule has 0 aromatic heterocycles. The van der Waals surface area contributed by atoms with Gasteiger partial charge in [0.1, 0.15) is 0 Å². The molecule has 1 heterocycles. The monoisotopic (exact) mass is 263 g/mol. The van der Waals surface area contributed by atoms with Crippen LogP contribution in [0.5, 0.6) is 0 Å². The Hall–Kier alpha value is -0.940. The third kappa shape index (κ3) is 3.76. The Morgan fingerprint density at radius 1 is 1.37 bits per heavy atom. The average molecular weight is 263 g/mol. The predicted octanol–water partition coefficient (Wildman–Crippen LogP) is 0.241. The van der Waals surface area contributed by atoms with Crippen molar-refractivity contribution < 1.29 is 5.11 Å². The third-order valence-electron chi connectivity index (χ3n) is 3.96. The summed E-state index contributed by atoms with van der Waals surface area (Å²) in [5.74, 6) is 0.983. The smallest absolute Gasteiger partial charge is 0.0791 e. The van der Waals surface area contributed by atoms with E-state index >= 15 is 0 Å². The van der Waals surface area contributed by atoms with E-state index in [1.807, 2.05) is 13.1 Å². The molecule has 106 valence electrons. The van der Waals surface area contributed by atoms with Crippen LogP contribution >= 0.6 is 0 Å². The summed E-state index contributed by atoms with van der Waals surface area (Å²) in [7, 11) is 1.86. The molecule has 4 N–H and O–H groups in total. The maximum absolute atomic E-state index is 9.89. The van der Waals surface area contributed by atoms with E-state index in [1.54, 1.807) is 0 Å². The van der Waals surface area contributed by atoms with Crippen LogP contribution in [0.1, 0.15) is 11.5 Å². The Morgan fingerprint density at radius 2 is 2.11 bits per heavy atom. The molecular weight excluding hydrogens is 238 g/mol. The van der Waals surface area contributed by atoms with Gasteiger partial charge in [-0.15, -0.1) is 0 Å². The number of β-amino-alcohol motifs (C(OH)–C–C–N with tert-alkyl or cyclic N) is 1. The lowest BCUT2D eigenvalue weighted by molar-refractivity contribution is 0.123. The number of aliphatic hydroxyl groups is 1. The minimum Gasteiger partial charge on any atom is -0.390 e. The van der Waals surface area contributed by atoms with Crippen LogP contribution in [0.4, 0.5) is 0 Å². The molecule has 0 aliphatic carbocycles. The fourth-order valence-corrected chi connectivity index (χ4v) is 3.02. The second-order valence-electron chi connectivity index (χ2n) is 5.44. The molecule has 2 rings (SSSR count). The zero-order valence-corrected chi connectivity index (χ0v) is 11.6. The first kappa shape index (κ1) is 14.5. The molecule has 3 atom stereocenters. The van der Waals surface area contributed by atoms with Crippen LogP contribution in [0.3, 0.4) is 0 Å². The molecule has 0 saturated carbocycles. The maximum atomic E-state index is 9.89. The van der Waals surface area contributed by atoms with E-state index in [-0.39, 0.29) is 6.10 Å². The first-order chi connectivity index (χ1) is 9.24. The molecule has 4 heteroatoms. The van der Waals surface area contributed by atoms with Gasteiger partial charge in [0.05, 0.1) is 6.10 Å². The van der Waals surface area contributed by atoms with E-state index in [0.29, 0.717) is 24.9 Å². The number of aliphatic hydroxyl groups excluding tert-OH is 1. The lowest BCUT2D eigenvalue weighted by Gasteiger charge is -2.19. The van der Waals surface area contributed by atoms with Gasteiger partial charge < -0.3 is 16.2 Å². The number of likely N-dealkylation sites (N-methyl/N-ethyl adjacent to an activating group) is 1. The normalized spacial score (nSPS) is 25.6. The lowest BCUT2D eigenvalue weighted by atomic mass is 9.89. The van der Waals surface area contributed by atoms with Gasteiger partial charge in [0, 0.05) is 32.1 Å². The van der Waals surface area contributed by atoms with Crippen LogP contribution in [-0.2, 0) is 0 Å². The molecule has 1 fully saturated rings. The molecule has 0 spiro atoms. The van der Waals surface area contributed by atoms with E-state index in [1.165, 1.54) is 5.56 Å². The van der Waals surface area contributed by atoms with Gasteiger partial charge in [-0.05, 0) is 25.1 Å². The fraction of sp³-hybridized carbons (Fsp3) is 0.600. The molecule has 19 heavy (non-hydrogen) atoms. The maximum Gasteiger partial charge on any atom is 0.0791 e. The molecule has 1 aliphatic rings. The van der Waals surface area contributed by atoms with Crippen LogP contribution < -0.4 is 11.1 Å². The molecule has 1 saturated heterocycles. The van der Waals surface area contributed by atoms with E-state index < -0.39 is 0 Å².